The molecule has 0 aliphatic rings. The summed E-state index contributed by atoms with van der Waals surface area (Å²) in [5.74, 6) is -0.672. The van der Waals surface area contributed by atoms with Gasteiger partial charge in [0.15, 0.2) is 5.75 Å². The lowest BCUT2D eigenvalue weighted by Crippen LogP contribution is -2.36. The van der Waals surface area contributed by atoms with Crippen molar-refractivity contribution in [1.29, 1.82) is 0 Å². The summed E-state index contributed by atoms with van der Waals surface area (Å²) in [4.78, 5) is 21.7. The number of nitrogens with zero attached hydrogens (tertiary/aromatic N) is 1. The summed E-state index contributed by atoms with van der Waals surface area (Å²) in [5.41, 5.74) is 5.63. The van der Waals surface area contributed by atoms with E-state index in [9.17, 15) is 14.9 Å². The topological polar surface area (TPSA) is 105 Å². The number of hydrogen-bond donors (Lipinski definition) is 1. The van der Waals surface area contributed by atoms with Crippen LogP contribution >= 0.6 is 0 Å². The monoisotopic (exact) mass is 254 g/mol. The fourth-order valence-electron chi connectivity index (χ4n) is 1.44. The Morgan fingerprint density at radius 2 is 2.22 bits per heavy atom. The molecule has 0 saturated carbocycles. The van der Waals surface area contributed by atoms with E-state index in [4.69, 9.17) is 10.5 Å². The van der Waals surface area contributed by atoms with Crippen LogP contribution in [0.15, 0.2) is 18.2 Å². The Hall–Kier alpha value is -2.15. The largest absolute Gasteiger partial charge is 0.470 e. The van der Waals surface area contributed by atoms with E-state index < -0.39 is 17.0 Å². The predicted octanol–water partition coefficient (Wildman–Crippen LogP) is 0.782. The lowest BCUT2D eigenvalue weighted by molar-refractivity contribution is -0.386. The normalized spacial score (nSPS) is 11.7. The number of nitrogens with two attached hydrogens (primary N) is 1. The molecule has 0 spiro atoms. The van der Waals surface area contributed by atoms with Gasteiger partial charge in [0.05, 0.1) is 12.0 Å². The third kappa shape index (κ3) is 2.95. The number of hydrogen-bond acceptors (Lipinski definition) is 6. The van der Waals surface area contributed by atoms with Crippen molar-refractivity contribution in [1.82, 2.24) is 0 Å². The minimum atomic E-state index is -1.06. The molecule has 0 saturated heterocycles. The molecule has 0 radical (unpaired) electrons. The molecule has 2 N–H and O–H groups in total. The Kier molecular flexibility index (Phi) is 4.61. The summed E-state index contributed by atoms with van der Waals surface area (Å²) >= 11 is 0. The molecule has 1 unspecified atom stereocenters. The number of nitro groups is 1. The Morgan fingerprint density at radius 1 is 1.56 bits per heavy atom. The van der Waals surface area contributed by atoms with Crippen molar-refractivity contribution in [2.75, 3.05) is 13.7 Å². The summed E-state index contributed by atoms with van der Waals surface area (Å²) in [7, 11) is 1.19. The zero-order chi connectivity index (χ0) is 13.7. The number of esters is 1. The first-order valence-electron chi connectivity index (χ1n) is 5.19. The quantitative estimate of drug-likeness (QED) is 0.473. The Morgan fingerprint density at radius 3 is 2.72 bits per heavy atom. The SMILES string of the molecule is COC(=O)C(CN)Oc1cccc(C)c1[N+](=O)[O-]. The predicted molar refractivity (Wildman–Crippen MR) is 63.3 cm³/mol. The third-order valence-corrected chi connectivity index (χ3v) is 2.33. The second-order valence-corrected chi connectivity index (χ2v) is 3.54. The van der Waals surface area contributed by atoms with Crippen LogP contribution in [0.4, 0.5) is 5.69 Å². The molecule has 1 aromatic rings. The van der Waals surface area contributed by atoms with Gasteiger partial charge >= 0.3 is 11.7 Å². The molecule has 98 valence electrons. The molecule has 0 aromatic heterocycles. The maximum atomic E-state index is 11.3. The molecule has 1 aromatic carbocycles. The van der Waals surface area contributed by atoms with Crippen LogP contribution in [0.2, 0.25) is 0 Å². The fourth-order valence-corrected chi connectivity index (χ4v) is 1.44. The van der Waals surface area contributed by atoms with E-state index in [0.29, 0.717) is 5.56 Å². The van der Waals surface area contributed by atoms with Crippen LogP contribution < -0.4 is 10.5 Å². The van der Waals surface area contributed by atoms with Gasteiger partial charge in [0.2, 0.25) is 6.10 Å². The summed E-state index contributed by atoms with van der Waals surface area (Å²) in [6.07, 6.45) is -1.06. The van der Waals surface area contributed by atoms with E-state index in [0.717, 1.165) is 0 Å². The maximum Gasteiger partial charge on any atom is 0.348 e. The van der Waals surface area contributed by atoms with Crippen LogP contribution in [0.25, 0.3) is 0 Å². The van der Waals surface area contributed by atoms with Crippen molar-refractivity contribution in [2.45, 2.75) is 13.0 Å². The molecule has 18 heavy (non-hydrogen) atoms. The molecule has 1 atom stereocenters. The Labute approximate surface area is 104 Å². The van der Waals surface area contributed by atoms with Crippen LogP contribution in [0.5, 0.6) is 5.75 Å². The molecule has 0 bridgehead atoms. The number of carbonyl (C=O) groups excluding carboxylic acids is 1. The lowest BCUT2D eigenvalue weighted by atomic mass is 10.2. The molecule has 0 heterocycles. The highest BCUT2D eigenvalue weighted by atomic mass is 16.6. The van der Waals surface area contributed by atoms with E-state index in [1.165, 1.54) is 13.2 Å². The van der Waals surface area contributed by atoms with Gasteiger partial charge in [0, 0.05) is 12.1 Å². The van der Waals surface area contributed by atoms with Crippen LogP contribution in [-0.2, 0) is 9.53 Å². The first kappa shape index (κ1) is 13.9. The van der Waals surface area contributed by atoms with Gasteiger partial charge in [-0.15, -0.1) is 0 Å². The Bertz CT molecular complexity index is 461. The highest BCUT2D eigenvalue weighted by Crippen LogP contribution is 2.30. The van der Waals surface area contributed by atoms with Gasteiger partial charge in [-0.1, -0.05) is 12.1 Å². The average molecular weight is 254 g/mol. The first-order valence-corrected chi connectivity index (χ1v) is 5.19. The van der Waals surface area contributed by atoms with Crippen molar-refractivity contribution < 1.29 is 19.2 Å². The molecule has 7 nitrogen and oxygen atoms in total. The second kappa shape index (κ2) is 5.97. The van der Waals surface area contributed by atoms with Gasteiger partial charge in [-0.2, -0.15) is 0 Å². The van der Waals surface area contributed by atoms with Crippen LogP contribution in [0, 0.1) is 17.0 Å². The molecule has 0 aliphatic carbocycles. The van der Waals surface area contributed by atoms with Gasteiger partial charge < -0.3 is 15.2 Å². The van der Waals surface area contributed by atoms with Gasteiger partial charge in [0.25, 0.3) is 0 Å². The molecule has 0 fully saturated rings. The zero-order valence-electron chi connectivity index (χ0n) is 10.1. The molecule has 1 rings (SSSR count). The van der Waals surface area contributed by atoms with Gasteiger partial charge in [-0.3, -0.25) is 10.1 Å². The minimum absolute atomic E-state index is 0.000787. The Balaban J connectivity index is 3.06. The van der Waals surface area contributed by atoms with Crippen LogP contribution in [0.1, 0.15) is 5.56 Å². The summed E-state index contributed by atoms with van der Waals surface area (Å²) < 4.78 is 9.74. The number of para-hydroxylation sites is 1. The molecule has 0 aliphatic heterocycles. The van der Waals surface area contributed by atoms with Crippen LogP contribution in [0.3, 0.4) is 0 Å². The smallest absolute Gasteiger partial charge is 0.348 e. The van der Waals surface area contributed by atoms with E-state index >= 15 is 0 Å². The van der Waals surface area contributed by atoms with E-state index in [1.54, 1.807) is 19.1 Å². The van der Waals surface area contributed by atoms with Crippen molar-refractivity contribution >= 4 is 11.7 Å². The van der Waals surface area contributed by atoms with Crippen molar-refractivity contribution in [3.05, 3.63) is 33.9 Å². The standard InChI is InChI=1S/C11H14N2O5/c1-7-4-3-5-8(10(7)13(15)16)18-9(6-12)11(14)17-2/h3-5,9H,6,12H2,1-2H3. The van der Waals surface area contributed by atoms with Gasteiger partial charge in [0.1, 0.15) is 0 Å². The third-order valence-electron chi connectivity index (χ3n) is 2.33. The van der Waals surface area contributed by atoms with E-state index in [-0.39, 0.29) is 18.0 Å². The number of nitro benzene ring substituents is 1. The number of aryl methyl sites for hydroxylation is 1. The van der Waals surface area contributed by atoms with Crippen molar-refractivity contribution in [3.63, 3.8) is 0 Å². The number of ether oxygens (including phenoxy) is 2. The highest BCUT2D eigenvalue weighted by Gasteiger charge is 2.25. The number of carbonyl (C=O) groups is 1. The summed E-state index contributed by atoms with van der Waals surface area (Å²) in [5, 5.41) is 10.9. The highest BCUT2D eigenvalue weighted by molar-refractivity contribution is 5.75. The first-order chi connectivity index (χ1) is 8.51. The van der Waals surface area contributed by atoms with Crippen LogP contribution in [-0.4, -0.2) is 30.7 Å². The van der Waals surface area contributed by atoms with E-state index in [2.05, 4.69) is 4.74 Å². The van der Waals surface area contributed by atoms with Crippen molar-refractivity contribution in [2.24, 2.45) is 5.73 Å². The molecule has 0 amide bonds. The number of benzene rings is 1. The lowest BCUT2D eigenvalue weighted by Gasteiger charge is -2.15. The maximum absolute atomic E-state index is 11.3. The molecule has 7 heteroatoms. The van der Waals surface area contributed by atoms with Gasteiger partial charge in [-0.05, 0) is 13.0 Å². The van der Waals surface area contributed by atoms with E-state index in [1.807, 2.05) is 0 Å². The number of methoxy groups -OCH3 is 1. The molecular weight excluding hydrogens is 240 g/mol. The zero-order valence-corrected chi connectivity index (χ0v) is 10.1. The number of rotatable bonds is 5. The fraction of sp³-hybridized carbons (Fsp3) is 0.364. The van der Waals surface area contributed by atoms with Crippen molar-refractivity contribution in [3.8, 4) is 5.75 Å². The minimum Gasteiger partial charge on any atom is -0.470 e. The molecular formula is C11H14N2O5. The second-order valence-electron chi connectivity index (χ2n) is 3.54. The van der Waals surface area contributed by atoms with Gasteiger partial charge in [-0.25, -0.2) is 4.79 Å². The summed E-state index contributed by atoms with van der Waals surface area (Å²) in [6, 6.07) is 4.60. The summed E-state index contributed by atoms with van der Waals surface area (Å²) in [6.45, 7) is 1.46. The average Bonchev–Trinajstić information content (AvgIpc) is 2.34.